The van der Waals surface area contributed by atoms with E-state index in [9.17, 15) is 0 Å². The first-order chi connectivity index (χ1) is 38.7. The summed E-state index contributed by atoms with van der Waals surface area (Å²) in [4.78, 5) is 7.64. The van der Waals surface area contributed by atoms with Crippen LogP contribution in [0.5, 0.6) is 0 Å². The lowest BCUT2D eigenvalue weighted by Gasteiger charge is -2.45. The van der Waals surface area contributed by atoms with Gasteiger partial charge in [-0.2, -0.15) is 0 Å². The van der Waals surface area contributed by atoms with Crippen LogP contribution in [0, 0.1) is 0 Å². The van der Waals surface area contributed by atoms with Crippen molar-refractivity contribution in [2.24, 2.45) is 0 Å². The van der Waals surface area contributed by atoms with Crippen molar-refractivity contribution < 1.29 is 4.42 Å². The Hall–Kier alpha value is -8.54. The average Bonchev–Trinajstić information content (AvgIpc) is 2.45. The van der Waals surface area contributed by atoms with E-state index in [2.05, 4.69) is 310 Å². The Morgan fingerprint density at radius 3 is 1.53 bits per heavy atom. The van der Waals surface area contributed by atoms with Crippen molar-refractivity contribution in [3.63, 3.8) is 0 Å². The largest absolute Gasteiger partial charge is 0.456 e. The van der Waals surface area contributed by atoms with Crippen molar-refractivity contribution in [3.8, 4) is 22.3 Å². The molecule has 400 valence electrons. The van der Waals surface area contributed by atoms with Gasteiger partial charge in [0.2, 0.25) is 0 Å². The Bertz CT molecular complexity index is 4200. The summed E-state index contributed by atoms with van der Waals surface area (Å²) < 4.78 is 6.39. The minimum atomic E-state index is -0.181. The number of fused-ring (bicyclic) bond motifs is 7. The van der Waals surface area contributed by atoms with Crippen LogP contribution in [0.4, 0.5) is 51.2 Å². The van der Waals surface area contributed by atoms with E-state index in [0.717, 1.165) is 61.5 Å². The molecule has 3 heterocycles. The molecular weight excluding hydrogens is 982 g/mol. The maximum absolute atomic E-state index is 6.39. The van der Waals surface area contributed by atoms with Crippen molar-refractivity contribution in [1.82, 2.24) is 0 Å². The molecule has 5 heteroatoms. The molecule has 4 nitrogen and oxygen atoms in total. The van der Waals surface area contributed by atoms with Crippen LogP contribution in [0.3, 0.4) is 0 Å². The lowest BCUT2D eigenvalue weighted by Crippen LogP contribution is -2.61. The highest BCUT2D eigenvalue weighted by Gasteiger charge is 2.45. The van der Waals surface area contributed by atoms with Gasteiger partial charge in [-0.15, -0.1) is 0 Å². The van der Waals surface area contributed by atoms with Gasteiger partial charge in [0, 0.05) is 61.8 Å². The Morgan fingerprint density at radius 2 is 0.877 bits per heavy atom. The monoisotopic (exact) mass is 1050 g/mol. The molecular formula is C76H72BN3O. The first kappa shape index (κ1) is 51.9. The second-order valence-electron chi connectivity index (χ2n) is 26.7. The highest BCUT2D eigenvalue weighted by Crippen LogP contribution is 2.50. The summed E-state index contributed by atoms with van der Waals surface area (Å²) in [5, 5.41) is 2.28. The summed E-state index contributed by atoms with van der Waals surface area (Å²) >= 11 is 0. The molecule has 0 unspecified atom stereocenters. The smallest absolute Gasteiger partial charge is 0.252 e. The van der Waals surface area contributed by atoms with Gasteiger partial charge in [-0.1, -0.05) is 217 Å². The number of hydrogen-bond acceptors (Lipinski definition) is 4. The van der Waals surface area contributed by atoms with E-state index in [1.54, 1.807) is 0 Å². The van der Waals surface area contributed by atoms with E-state index in [1.807, 2.05) is 6.07 Å². The van der Waals surface area contributed by atoms with Gasteiger partial charge in [-0.3, -0.25) is 0 Å². The van der Waals surface area contributed by atoms with Gasteiger partial charge in [0.25, 0.3) is 6.71 Å². The number of nitrogens with zero attached hydrogens (tertiary/aromatic N) is 3. The van der Waals surface area contributed by atoms with Crippen LogP contribution >= 0.6 is 0 Å². The number of furan rings is 1. The molecule has 0 radical (unpaired) electrons. The van der Waals surface area contributed by atoms with Crippen LogP contribution in [-0.4, -0.2) is 6.71 Å². The second kappa shape index (κ2) is 19.1. The molecule has 2 aliphatic heterocycles. The van der Waals surface area contributed by atoms with Crippen LogP contribution in [0.25, 0.3) is 44.2 Å². The zero-order valence-electron chi connectivity index (χ0n) is 49.1. The molecule has 0 spiro atoms. The van der Waals surface area contributed by atoms with Gasteiger partial charge in [-0.25, -0.2) is 0 Å². The van der Waals surface area contributed by atoms with E-state index in [4.69, 9.17) is 4.42 Å². The van der Waals surface area contributed by atoms with E-state index in [1.165, 1.54) is 72.5 Å². The predicted octanol–water partition coefficient (Wildman–Crippen LogP) is 19.7. The first-order valence-electron chi connectivity index (χ1n) is 28.9. The van der Waals surface area contributed by atoms with Gasteiger partial charge in [0.1, 0.15) is 11.2 Å². The fraction of sp³-hybridized carbons (Fsp3) is 0.211. The zero-order chi connectivity index (χ0) is 56.3. The highest BCUT2D eigenvalue weighted by atomic mass is 16.3. The number of anilines is 9. The summed E-state index contributed by atoms with van der Waals surface area (Å²) in [6.07, 6.45) is 0. The third kappa shape index (κ3) is 9.03. The van der Waals surface area contributed by atoms with Crippen LogP contribution in [0.1, 0.15) is 105 Å². The fourth-order valence-corrected chi connectivity index (χ4v) is 12.6. The van der Waals surface area contributed by atoms with Gasteiger partial charge in [-0.05, 0) is 162 Å². The minimum Gasteiger partial charge on any atom is -0.456 e. The molecule has 0 amide bonds. The van der Waals surface area contributed by atoms with Crippen LogP contribution < -0.4 is 31.1 Å². The molecule has 0 saturated heterocycles. The standard InChI is InChI=1S/C76H72BN3O/c1-73(2,3)51-31-38-55(39-32-51)78(64-26-18-16-23-59(64)49-21-14-13-15-22-49)58-42-43-62-66(48-58)80(57-40-33-52(34-41-57)74(4,5)6)68-47-54(76(10,11)12)46-67-72(68)77(62)63-45-53(75(7,8)9)35-44-65(63)79(67)56-36-29-50(30-37-56)60-25-20-28-70-71(60)61-24-17-19-27-69(61)81-70/h13-48H,1-12H3. The summed E-state index contributed by atoms with van der Waals surface area (Å²) in [5.41, 5.74) is 25.6. The minimum absolute atomic E-state index is 0.00597. The van der Waals surface area contributed by atoms with E-state index in [-0.39, 0.29) is 28.4 Å². The molecule has 0 saturated carbocycles. The van der Waals surface area contributed by atoms with Gasteiger partial charge in [0.05, 0.1) is 5.69 Å². The van der Waals surface area contributed by atoms with Crippen molar-refractivity contribution >= 4 is 96.2 Å². The van der Waals surface area contributed by atoms with Crippen LogP contribution in [0.15, 0.2) is 223 Å². The molecule has 13 rings (SSSR count). The predicted molar refractivity (Wildman–Crippen MR) is 348 cm³/mol. The highest BCUT2D eigenvalue weighted by molar-refractivity contribution is 7.00. The van der Waals surface area contributed by atoms with Crippen LogP contribution in [0.2, 0.25) is 0 Å². The number of rotatable bonds is 7. The summed E-state index contributed by atoms with van der Waals surface area (Å²) in [6, 6.07) is 82.1. The van der Waals surface area contributed by atoms with E-state index >= 15 is 0 Å². The number of benzene rings is 10. The normalized spacial score (nSPS) is 13.4. The number of hydrogen-bond donors (Lipinski definition) is 0. The molecule has 0 aliphatic carbocycles. The molecule has 1 aromatic heterocycles. The molecule has 0 fully saturated rings. The van der Waals surface area contributed by atoms with Crippen molar-refractivity contribution in [1.29, 1.82) is 0 Å². The third-order valence-electron chi connectivity index (χ3n) is 17.1. The van der Waals surface area contributed by atoms with Gasteiger partial charge >= 0.3 is 0 Å². The Kier molecular flexibility index (Phi) is 12.2. The quantitative estimate of drug-likeness (QED) is 0.148. The summed E-state index contributed by atoms with van der Waals surface area (Å²) in [7, 11) is 0. The van der Waals surface area contributed by atoms with Crippen LogP contribution in [-0.2, 0) is 21.7 Å². The first-order valence-corrected chi connectivity index (χ1v) is 28.9. The van der Waals surface area contributed by atoms with Crippen molar-refractivity contribution in [2.75, 3.05) is 14.7 Å². The Balaban J connectivity index is 1.07. The van der Waals surface area contributed by atoms with Gasteiger partial charge < -0.3 is 19.1 Å². The SMILES string of the molecule is CC(C)(C)c1ccc(N(c2ccc3c(c2)N(c2ccc(C(C)(C)C)cc2)c2cc(C(C)(C)C)cc4c2B3c2cc(C(C)(C)C)ccc2N4c2ccc(-c3cccc4oc5ccccc5c34)cc2)c2ccccc2-c2ccccc2)cc1. The van der Waals surface area contributed by atoms with E-state index in [0.29, 0.717) is 0 Å². The molecule has 0 N–H and O–H groups in total. The average molecular weight is 1050 g/mol. The lowest BCUT2D eigenvalue weighted by atomic mass is 9.33. The van der Waals surface area contributed by atoms with E-state index < -0.39 is 0 Å². The Morgan fingerprint density at radius 1 is 0.358 bits per heavy atom. The molecule has 0 atom stereocenters. The number of para-hydroxylation sites is 2. The summed E-state index contributed by atoms with van der Waals surface area (Å²) in [6.45, 7) is 27.8. The Labute approximate surface area is 480 Å². The molecule has 11 aromatic rings. The third-order valence-corrected chi connectivity index (χ3v) is 17.1. The molecule has 10 aromatic carbocycles. The molecule has 0 bridgehead atoms. The van der Waals surface area contributed by atoms with Gasteiger partial charge in [0.15, 0.2) is 0 Å². The lowest BCUT2D eigenvalue weighted by molar-refractivity contribution is 0.590. The van der Waals surface area contributed by atoms with Crippen molar-refractivity contribution in [3.05, 3.63) is 241 Å². The zero-order valence-corrected chi connectivity index (χ0v) is 49.1. The maximum Gasteiger partial charge on any atom is 0.252 e. The topological polar surface area (TPSA) is 22.9 Å². The molecule has 2 aliphatic rings. The second-order valence-corrected chi connectivity index (χ2v) is 26.7. The summed E-state index contributed by atoms with van der Waals surface area (Å²) in [5.74, 6) is 0. The maximum atomic E-state index is 6.39. The molecule has 81 heavy (non-hydrogen) atoms. The van der Waals surface area contributed by atoms with Crippen molar-refractivity contribution in [2.45, 2.75) is 105 Å². The fourth-order valence-electron chi connectivity index (χ4n) is 12.6.